The van der Waals surface area contributed by atoms with Gasteiger partial charge in [0.25, 0.3) is 0 Å². The smallest absolute Gasteiger partial charge is 0.412 e. The van der Waals surface area contributed by atoms with E-state index in [1.54, 1.807) is 32.0 Å². The van der Waals surface area contributed by atoms with E-state index in [1.807, 2.05) is 30.4 Å². The first-order valence-corrected chi connectivity index (χ1v) is 11.5. The predicted molar refractivity (Wildman–Crippen MR) is 131 cm³/mol. The lowest BCUT2D eigenvalue weighted by Crippen LogP contribution is -2.49. The largest absolute Gasteiger partial charge is 0.480 e. The van der Waals surface area contributed by atoms with Crippen molar-refractivity contribution >= 4 is 29.4 Å². The van der Waals surface area contributed by atoms with Gasteiger partial charge >= 0.3 is 12.1 Å². The molecular weight excluding hydrogens is 484 g/mol. The molecule has 0 saturated carbocycles. The minimum Gasteiger partial charge on any atom is -0.480 e. The van der Waals surface area contributed by atoms with Crippen molar-refractivity contribution in [2.45, 2.75) is 20.0 Å². The number of hydrogen-bond acceptors (Lipinski definition) is 6. The fourth-order valence-electron chi connectivity index (χ4n) is 4.13. The van der Waals surface area contributed by atoms with E-state index in [1.165, 1.54) is 0 Å². The molecule has 1 saturated heterocycles. The lowest BCUT2D eigenvalue weighted by atomic mass is 9.78. The third-order valence-corrected chi connectivity index (χ3v) is 6.62. The Kier molecular flexibility index (Phi) is 6.04. The molecule has 36 heavy (non-hydrogen) atoms. The first kappa shape index (κ1) is 23.7. The zero-order valence-corrected chi connectivity index (χ0v) is 20.2. The molecule has 9 heteroatoms. The number of carboxylic acids is 1. The van der Waals surface area contributed by atoms with E-state index in [4.69, 9.17) is 25.6 Å². The number of hydrogen-bond donors (Lipinski definition) is 2. The van der Waals surface area contributed by atoms with Crippen molar-refractivity contribution in [1.29, 1.82) is 0 Å². The Morgan fingerprint density at radius 1 is 1.17 bits per heavy atom. The highest BCUT2D eigenvalue weighted by Gasteiger charge is 2.49. The molecule has 2 N–H and O–H groups in total. The topological polar surface area (TPSA) is 111 Å². The molecule has 1 fully saturated rings. The fourth-order valence-corrected chi connectivity index (χ4v) is 4.42. The Morgan fingerprint density at radius 3 is 2.58 bits per heavy atom. The number of carboxylic acid groups (broad SMARTS) is 1. The zero-order chi connectivity index (χ0) is 25.4. The van der Waals surface area contributed by atoms with Crippen molar-refractivity contribution in [3.8, 4) is 11.8 Å². The van der Waals surface area contributed by atoms with Crippen LogP contribution in [0.15, 0.2) is 75.4 Å². The number of aromatic nitrogens is 1. The molecule has 2 aromatic rings. The summed E-state index contributed by atoms with van der Waals surface area (Å²) in [4.78, 5) is 24.2. The number of rotatable bonds is 5. The zero-order valence-electron chi connectivity index (χ0n) is 19.4. The maximum Gasteiger partial charge on any atom is 0.412 e. The maximum atomic E-state index is 12.5. The standard InChI is InChI=1S/C27H21ClN2O6/c1-15(21-5-3-4-6-22(21)28)35-26(33)29-24-16(2)36-30-23(24)8-7-17-9-18-11-20(12-19(18)10-17)27(25(31)32)13-34-14-27/h3-6,9-12,15H,13-14H2,1-2H3,(H,29,33)(H,31,32). The van der Waals surface area contributed by atoms with E-state index < -0.39 is 23.6 Å². The van der Waals surface area contributed by atoms with Crippen molar-refractivity contribution in [2.75, 3.05) is 18.5 Å². The second-order valence-corrected chi connectivity index (χ2v) is 9.09. The van der Waals surface area contributed by atoms with Crippen molar-refractivity contribution in [3.05, 3.63) is 92.9 Å². The summed E-state index contributed by atoms with van der Waals surface area (Å²) in [5, 5.41) is 16.7. The normalized spacial score (nSPS) is 17.9. The summed E-state index contributed by atoms with van der Waals surface area (Å²) in [6.45, 7) is 3.72. The number of anilines is 1. The van der Waals surface area contributed by atoms with Gasteiger partial charge in [0.05, 0.1) is 13.2 Å². The summed E-state index contributed by atoms with van der Waals surface area (Å²) in [5.74, 6) is 5.45. The van der Waals surface area contributed by atoms with E-state index in [2.05, 4.69) is 22.3 Å². The van der Waals surface area contributed by atoms with Crippen LogP contribution in [0.25, 0.3) is 0 Å². The molecule has 0 radical (unpaired) electrons. The highest BCUT2D eigenvalue weighted by atomic mass is 35.5. The Bertz CT molecular complexity index is 1460. The molecule has 3 aliphatic rings. The van der Waals surface area contributed by atoms with Gasteiger partial charge in [0.15, 0.2) is 11.5 Å². The van der Waals surface area contributed by atoms with E-state index in [0.717, 1.165) is 22.3 Å². The molecule has 1 aliphatic heterocycles. The van der Waals surface area contributed by atoms with E-state index in [0.29, 0.717) is 22.0 Å². The van der Waals surface area contributed by atoms with Crippen molar-refractivity contribution in [1.82, 2.24) is 5.16 Å². The monoisotopic (exact) mass is 504 g/mol. The number of aryl methyl sites for hydroxylation is 1. The highest BCUT2D eigenvalue weighted by Crippen LogP contribution is 2.43. The molecule has 1 aromatic heterocycles. The van der Waals surface area contributed by atoms with Crippen LogP contribution in [0.3, 0.4) is 0 Å². The van der Waals surface area contributed by atoms with Gasteiger partial charge in [-0.2, -0.15) is 0 Å². The molecule has 1 unspecified atom stereocenters. The third-order valence-electron chi connectivity index (χ3n) is 6.28. The molecule has 2 heterocycles. The van der Waals surface area contributed by atoms with Gasteiger partial charge in [-0.3, -0.25) is 10.1 Å². The Hall–Kier alpha value is -4.06. The minimum absolute atomic E-state index is 0.169. The number of nitrogens with zero attached hydrogens (tertiary/aromatic N) is 1. The van der Waals surface area contributed by atoms with Gasteiger partial charge < -0.3 is 19.1 Å². The lowest BCUT2D eigenvalue weighted by molar-refractivity contribution is -0.170. The summed E-state index contributed by atoms with van der Waals surface area (Å²) < 4.78 is 15.8. The first-order valence-electron chi connectivity index (χ1n) is 11.2. The molecule has 5 rings (SSSR count). The molecule has 2 aliphatic carbocycles. The van der Waals surface area contributed by atoms with Gasteiger partial charge in [-0.05, 0) is 66.9 Å². The molecule has 182 valence electrons. The number of carbonyl (C=O) groups excluding carboxylic acids is 1. The Balaban J connectivity index is 1.28. The molecule has 1 atom stereocenters. The van der Waals surface area contributed by atoms with Crippen molar-refractivity contribution < 1.29 is 28.7 Å². The number of halogens is 1. The average molecular weight is 505 g/mol. The van der Waals surface area contributed by atoms with E-state index >= 15 is 0 Å². The van der Waals surface area contributed by atoms with Crippen LogP contribution in [0.1, 0.15) is 30.0 Å². The van der Waals surface area contributed by atoms with Crippen molar-refractivity contribution in [2.24, 2.45) is 5.41 Å². The van der Waals surface area contributed by atoms with E-state index in [9.17, 15) is 14.7 Å². The van der Waals surface area contributed by atoms with Gasteiger partial charge in [0, 0.05) is 16.2 Å². The second kappa shape index (κ2) is 9.19. The number of amides is 1. The van der Waals surface area contributed by atoms with Crippen LogP contribution in [-0.4, -0.2) is 35.5 Å². The van der Waals surface area contributed by atoms with Gasteiger partial charge in [-0.15, -0.1) is 0 Å². The quantitative estimate of drug-likeness (QED) is 0.543. The van der Waals surface area contributed by atoms with Gasteiger partial charge in [-0.1, -0.05) is 40.9 Å². The molecule has 1 amide bonds. The first-order chi connectivity index (χ1) is 17.3. The number of allylic oxidation sites excluding steroid dienone is 7. The van der Waals surface area contributed by atoms with Gasteiger partial charge in [0.2, 0.25) is 0 Å². The number of benzene rings is 1. The molecule has 1 aromatic carbocycles. The number of nitrogens with one attached hydrogen (secondary N) is 1. The molecular formula is C27H21ClN2O6. The fraction of sp³-hybridized carbons (Fsp3) is 0.222. The Morgan fingerprint density at radius 2 is 1.92 bits per heavy atom. The summed E-state index contributed by atoms with van der Waals surface area (Å²) in [6.07, 6.45) is 6.21. The SMILES string of the molecule is Cc1onc(C#CC2=CC3=CC(C4(C(=O)O)COC4)=CC3=C2)c1NC(=O)OC(C)c1ccccc1Cl. The van der Waals surface area contributed by atoms with Crippen LogP contribution in [0.5, 0.6) is 0 Å². The lowest BCUT2D eigenvalue weighted by Gasteiger charge is -2.37. The number of ether oxygens (including phenoxy) is 2. The Labute approximate surface area is 211 Å². The summed E-state index contributed by atoms with van der Waals surface area (Å²) in [5.41, 5.74) is 3.54. The molecule has 8 nitrogen and oxygen atoms in total. The number of fused-ring (bicyclic) bond motifs is 1. The minimum atomic E-state index is -0.978. The van der Waals surface area contributed by atoms with Crippen LogP contribution < -0.4 is 5.32 Å². The van der Waals surface area contributed by atoms with Crippen LogP contribution in [-0.2, 0) is 14.3 Å². The summed E-state index contributed by atoms with van der Waals surface area (Å²) in [6, 6.07) is 7.13. The highest BCUT2D eigenvalue weighted by molar-refractivity contribution is 6.31. The third kappa shape index (κ3) is 4.24. The summed E-state index contributed by atoms with van der Waals surface area (Å²) in [7, 11) is 0. The average Bonchev–Trinajstić information content (AvgIpc) is 3.45. The number of carbonyl (C=O) groups is 2. The molecule has 0 spiro atoms. The molecule has 0 bridgehead atoms. The van der Waals surface area contributed by atoms with Crippen LogP contribution >= 0.6 is 11.6 Å². The van der Waals surface area contributed by atoms with Crippen LogP contribution in [0.4, 0.5) is 10.5 Å². The van der Waals surface area contributed by atoms with E-state index in [-0.39, 0.29) is 18.9 Å². The van der Waals surface area contributed by atoms with Crippen molar-refractivity contribution in [3.63, 3.8) is 0 Å². The van der Waals surface area contributed by atoms with Gasteiger partial charge in [0.1, 0.15) is 17.2 Å². The predicted octanol–water partition coefficient (Wildman–Crippen LogP) is 5.13. The summed E-state index contributed by atoms with van der Waals surface area (Å²) >= 11 is 6.18. The van der Waals surface area contributed by atoms with Gasteiger partial charge in [-0.25, -0.2) is 4.79 Å². The maximum absolute atomic E-state index is 12.5. The van der Waals surface area contributed by atoms with Crippen LogP contribution in [0, 0.1) is 24.2 Å². The number of aliphatic carboxylic acids is 1. The van der Waals surface area contributed by atoms with Crippen LogP contribution in [0.2, 0.25) is 5.02 Å². The second-order valence-electron chi connectivity index (χ2n) is 8.69.